The fraction of sp³-hybridized carbons (Fsp3) is 0.333. The Balaban J connectivity index is 1.23. The van der Waals surface area contributed by atoms with Crippen molar-refractivity contribution in [3.05, 3.63) is 77.2 Å². The van der Waals surface area contributed by atoms with E-state index in [-0.39, 0.29) is 17.7 Å². The van der Waals surface area contributed by atoms with Crippen LogP contribution in [0, 0.1) is 18.7 Å². The lowest BCUT2D eigenvalue weighted by molar-refractivity contribution is 0.0980. The van der Waals surface area contributed by atoms with Crippen molar-refractivity contribution in [1.29, 1.82) is 0 Å². The minimum atomic E-state index is -3.70. The number of benzene rings is 2. The molecule has 0 spiro atoms. The highest BCUT2D eigenvalue weighted by Crippen LogP contribution is 2.31. The summed E-state index contributed by atoms with van der Waals surface area (Å²) in [5.74, 6) is 0.340. The maximum Gasteiger partial charge on any atom is 0.264 e. The zero-order valence-electron chi connectivity index (χ0n) is 19.9. The smallest absolute Gasteiger partial charge is 0.264 e. The molecule has 0 unspecified atom stereocenters. The van der Waals surface area contributed by atoms with Crippen LogP contribution in [0.5, 0.6) is 11.6 Å². The van der Waals surface area contributed by atoms with Crippen molar-refractivity contribution in [1.82, 2.24) is 9.71 Å². The van der Waals surface area contributed by atoms with Crippen LogP contribution in [0.15, 0.2) is 54.7 Å². The van der Waals surface area contributed by atoms with Gasteiger partial charge in [-0.05, 0) is 80.0 Å². The molecule has 2 saturated carbocycles. The summed E-state index contributed by atoms with van der Waals surface area (Å²) in [6.45, 7) is 2.60. The summed E-state index contributed by atoms with van der Waals surface area (Å²) in [6.07, 6.45) is 5.26. The average Bonchev–Trinajstić information content (AvgIpc) is 3.75. The first-order valence-corrected chi connectivity index (χ1v) is 13.5. The third-order valence-corrected chi connectivity index (χ3v) is 8.01. The number of nitrogens with zero attached hydrogens (tertiary/aromatic N) is 1. The van der Waals surface area contributed by atoms with Crippen molar-refractivity contribution in [2.45, 2.75) is 44.5 Å². The Morgan fingerprint density at radius 3 is 2.50 bits per heavy atom. The number of sulfonamides is 1. The molecular formula is C27H27FN2O5S. The van der Waals surface area contributed by atoms with Crippen molar-refractivity contribution in [3.63, 3.8) is 0 Å². The number of amides is 1. The molecule has 1 amide bonds. The molecule has 188 valence electrons. The molecule has 9 heteroatoms. The molecule has 0 radical (unpaired) electrons. The van der Waals surface area contributed by atoms with Gasteiger partial charge in [0.1, 0.15) is 18.2 Å². The van der Waals surface area contributed by atoms with Gasteiger partial charge in [0.25, 0.3) is 5.91 Å². The number of hydrogen-bond acceptors (Lipinski definition) is 6. The minimum Gasteiger partial charge on any atom is -0.489 e. The average molecular weight is 511 g/mol. The van der Waals surface area contributed by atoms with Gasteiger partial charge in [-0.3, -0.25) is 4.79 Å². The summed E-state index contributed by atoms with van der Waals surface area (Å²) < 4.78 is 52.1. The number of carbonyl (C=O) groups excluding carboxylic acids is 1. The molecule has 1 N–H and O–H groups in total. The van der Waals surface area contributed by atoms with Crippen LogP contribution in [-0.2, 0) is 16.6 Å². The van der Waals surface area contributed by atoms with Crippen LogP contribution in [0.25, 0.3) is 11.1 Å². The van der Waals surface area contributed by atoms with Crippen LogP contribution in [0.2, 0.25) is 0 Å². The molecule has 0 atom stereocenters. The molecule has 2 aromatic carbocycles. The van der Waals surface area contributed by atoms with Crippen LogP contribution in [-0.4, -0.2) is 31.2 Å². The van der Waals surface area contributed by atoms with E-state index in [4.69, 9.17) is 9.47 Å². The largest absolute Gasteiger partial charge is 0.489 e. The summed E-state index contributed by atoms with van der Waals surface area (Å²) in [6, 6.07) is 13.4. The van der Waals surface area contributed by atoms with Crippen LogP contribution in [0.1, 0.15) is 47.2 Å². The van der Waals surface area contributed by atoms with Gasteiger partial charge < -0.3 is 9.47 Å². The Kier molecular flexibility index (Phi) is 6.66. The second kappa shape index (κ2) is 9.89. The zero-order chi connectivity index (χ0) is 25.3. The molecule has 1 heterocycles. The molecule has 0 aliphatic heterocycles. The number of carbonyl (C=O) groups is 1. The normalized spacial score (nSPS) is 15.4. The van der Waals surface area contributed by atoms with E-state index in [1.165, 1.54) is 25.0 Å². The lowest BCUT2D eigenvalue weighted by Gasteiger charge is -2.12. The Morgan fingerprint density at radius 2 is 1.83 bits per heavy atom. The van der Waals surface area contributed by atoms with Gasteiger partial charge in [0.05, 0.1) is 11.9 Å². The quantitative estimate of drug-likeness (QED) is 0.422. The van der Waals surface area contributed by atoms with E-state index in [0.717, 1.165) is 22.8 Å². The third kappa shape index (κ3) is 6.02. The predicted molar refractivity (Wildman–Crippen MR) is 133 cm³/mol. The SMILES string of the molecule is Cc1cc(OCc2ccc(C(=O)NS(=O)(=O)C3CC3)cc2F)cc(-c2ccc(OCC3CC3)nc2)c1. The second-order valence-corrected chi connectivity index (χ2v) is 11.4. The van der Waals surface area contributed by atoms with Crippen LogP contribution >= 0.6 is 0 Å². The number of aryl methyl sites for hydroxylation is 1. The summed E-state index contributed by atoms with van der Waals surface area (Å²) in [5.41, 5.74) is 2.98. The summed E-state index contributed by atoms with van der Waals surface area (Å²) in [5, 5.41) is -0.535. The van der Waals surface area contributed by atoms with Gasteiger partial charge in [-0.25, -0.2) is 22.5 Å². The fourth-order valence-electron chi connectivity index (χ4n) is 3.74. The highest BCUT2D eigenvalue weighted by Gasteiger charge is 2.37. The molecule has 2 aliphatic rings. The number of rotatable bonds is 10. The van der Waals surface area contributed by atoms with Gasteiger partial charge in [-0.15, -0.1) is 0 Å². The molecule has 3 aromatic rings. The van der Waals surface area contributed by atoms with E-state index < -0.39 is 27.0 Å². The van der Waals surface area contributed by atoms with Gasteiger partial charge in [-0.2, -0.15) is 0 Å². The molecule has 1 aromatic heterocycles. The van der Waals surface area contributed by atoms with E-state index in [2.05, 4.69) is 4.98 Å². The Bertz CT molecular complexity index is 1380. The van der Waals surface area contributed by atoms with E-state index >= 15 is 0 Å². The highest BCUT2D eigenvalue weighted by atomic mass is 32.2. The number of hydrogen-bond donors (Lipinski definition) is 1. The molecule has 0 bridgehead atoms. The second-order valence-electron chi connectivity index (χ2n) is 9.44. The molecule has 36 heavy (non-hydrogen) atoms. The molecule has 2 aliphatic carbocycles. The van der Waals surface area contributed by atoms with Gasteiger partial charge in [0.15, 0.2) is 0 Å². The summed E-state index contributed by atoms with van der Waals surface area (Å²) in [4.78, 5) is 16.6. The lowest BCUT2D eigenvalue weighted by atomic mass is 10.0. The number of nitrogens with one attached hydrogen (secondary N) is 1. The van der Waals surface area contributed by atoms with Crippen LogP contribution in [0.4, 0.5) is 4.39 Å². The van der Waals surface area contributed by atoms with E-state index in [0.29, 0.717) is 37.0 Å². The fourth-order valence-corrected chi connectivity index (χ4v) is 5.04. The first-order chi connectivity index (χ1) is 17.3. The van der Waals surface area contributed by atoms with Crippen molar-refractivity contribution in [2.24, 2.45) is 5.92 Å². The van der Waals surface area contributed by atoms with E-state index in [1.807, 2.05) is 42.0 Å². The number of ether oxygens (including phenoxy) is 2. The topological polar surface area (TPSA) is 94.6 Å². The zero-order valence-corrected chi connectivity index (χ0v) is 20.7. The Morgan fingerprint density at radius 1 is 1.03 bits per heavy atom. The van der Waals surface area contributed by atoms with Crippen LogP contribution < -0.4 is 14.2 Å². The maximum atomic E-state index is 14.7. The molecule has 7 nitrogen and oxygen atoms in total. The Hall–Kier alpha value is -3.46. The van der Waals surface area contributed by atoms with Crippen LogP contribution in [0.3, 0.4) is 0 Å². The van der Waals surface area contributed by atoms with Crippen molar-refractivity contribution >= 4 is 15.9 Å². The van der Waals surface area contributed by atoms with Gasteiger partial charge in [0, 0.05) is 29.0 Å². The Labute approximate surface area is 209 Å². The number of pyridine rings is 1. The number of aromatic nitrogens is 1. The molecule has 5 rings (SSSR count). The predicted octanol–water partition coefficient (Wildman–Crippen LogP) is 4.79. The number of halogens is 1. The van der Waals surface area contributed by atoms with E-state index in [9.17, 15) is 17.6 Å². The molecule has 0 saturated heterocycles. The maximum absolute atomic E-state index is 14.7. The van der Waals surface area contributed by atoms with Gasteiger partial charge in [-0.1, -0.05) is 12.1 Å². The third-order valence-electron chi connectivity index (χ3n) is 6.19. The van der Waals surface area contributed by atoms with Crippen molar-refractivity contribution < 1.29 is 27.1 Å². The highest BCUT2D eigenvalue weighted by molar-refractivity contribution is 7.91. The van der Waals surface area contributed by atoms with Crippen molar-refractivity contribution in [3.8, 4) is 22.8 Å². The summed E-state index contributed by atoms with van der Waals surface area (Å²) in [7, 11) is -3.70. The van der Waals surface area contributed by atoms with Gasteiger partial charge >= 0.3 is 0 Å². The lowest BCUT2D eigenvalue weighted by Crippen LogP contribution is -2.33. The van der Waals surface area contributed by atoms with E-state index in [1.54, 1.807) is 6.20 Å². The standard InChI is InChI=1S/C27H27FN2O5S/c1-17-10-22(20-6-9-26(29-14-20)35-15-18-2-3-18)12-23(11-17)34-16-21-5-4-19(13-25(21)28)27(31)30-36(32,33)24-7-8-24/h4-6,9-14,18,24H,2-3,7-8,15-16H2,1H3,(H,30,31). The van der Waals surface area contributed by atoms with Gasteiger partial charge in [0.2, 0.25) is 15.9 Å². The molecule has 2 fully saturated rings. The van der Waals surface area contributed by atoms with Crippen molar-refractivity contribution in [2.75, 3.05) is 6.61 Å². The summed E-state index contributed by atoms with van der Waals surface area (Å²) >= 11 is 0. The monoisotopic (exact) mass is 510 g/mol. The first kappa shape index (κ1) is 24.2. The minimum absolute atomic E-state index is 0.0524. The first-order valence-electron chi connectivity index (χ1n) is 11.9. The molecular weight excluding hydrogens is 483 g/mol.